The predicted molar refractivity (Wildman–Crippen MR) is 87.1 cm³/mol. The van der Waals surface area contributed by atoms with Crippen LogP contribution in [0.4, 0.5) is 0 Å². The van der Waals surface area contributed by atoms with Gasteiger partial charge in [-0.3, -0.25) is 0 Å². The van der Waals surface area contributed by atoms with E-state index >= 15 is 0 Å². The molecule has 0 radical (unpaired) electrons. The van der Waals surface area contributed by atoms with E-state index in [1.165, 1.54) is 0 Å². The molecule has 0 fully saturated rings. The summed E-state index contributed by atoms with van der Waals surface area (Å²) in [5, 5.41) is 13.8. The first-order valence-corrected chi connectivity index (χ1v) is 8.90. The second-order valence-corrected chi connectivity index (χ2v) is 8.54. The summed E-state index contributed by atoms with van der Waals surface area (Å²) in [6, 6.07) is 2.07. The van der Waals surface area contributed by atoms with E-state index in [4.69, 9.17) is 4.74 Å². The van der Waals surface area contributed by atoms with Gasteiger partial charge in [0.05, 0.1) is 14.2 Å². The van der Waals surface area contributed by atoms with Crippen LogP contribution in [0, 0.1) is 0 Å². The molecule has 2 rings (SSSR count). The van der Waals surface area contributed by atoms with Crippen LogP contribution < -0.4 is 5.32 Å². The second kappa shape index (κ2) is 7.80. The van der Waals surface area contributed by atoms with Crippen molar-refractivity contribution in [3.8, 4) is 10.6 Å². The molecule has 0 bridgehead atoms. The van der Waals surface area contributed by atoms with Gasteiger partial charge in [-0.05, 0) is 37.9 Å². The van der Waals surface area contributed by atoms with Gasteiger partial charge in [0.15, 0.2) is 0 Å². The van der Waals surface area contributed by atoms with E-state index in [2.05, 4.69) is 53.4 Å². The number of ether oxygens (including phenoxy) is 1. The van der Waals surface area contributed by atoms with Gasteiger partial charge in [-0.15, -0.1) is 21.5 Å². The molecule has 0 unspecified atom stereocenters. The summed E-state index contributed by atoms with van der Waals surface area (Å²) in [5.41, 5.74) is 1.10. The summed E-state index contributed by atoms with van der Waals surface area (Å²) in [6.45, 7) is 2.49. The molecule has 8 heteroatoms. The Kier molecular flexibility index (Phi) is 6.37. The molecule has 0 saturated heterocycles. The van der Waals surface area contributed by atoms with Crippen molar-refractivity contribution >= 4 is 54.5 Å². The lowest BCUT2D eigenvalue weighted by molar-refractivity contribution is 0.199. The van der Waals surface area contributed by atoms with Gasteiger partial charge >= 0.3 is 0 Å². The Morgan fingerprint density at radius 1 is 1.26 bits per heavy atom. The third kappa shape index (κ3) is 4.57. The maximum absolute atomic E-state index is 4.98. The van der Waals surface area contributed by atoms with Crippen LogP contribution in [0.15, 0.2) is 13.6 Å². The summed E-state index contributed by atoms with van der Waals surface area (Å²) >= 11 is 10.3. The van der Waals surface area contributed by atoms with Crippen LogP contribution in [0.5, 0.6) is 0 Å². The van der Waals surface area contributed by atoms with Crippen molar-refractivity contribution in [3.05, 3.63) is 18.6 Å². The summed E-state index contributed by atoms with van der Waals surface area (Å²) in [7, 11) is 1.70. The lowest BCUT2D eigenvalue weighted by Crippen LogP contribution is -2.21. The van der Waals surface area contributed by atoms with Crippen LogP contribution in [0.25, 0.3) is 10.6 Å². The van der Waals surface area contributed by atoms with Crippen molar-refractivity contribution in [3.63, 3.8) is 0 Å². The van der Waals surface area contributed by atoms with Crippen molar-refractivity contribution in [1.82, 2.24) is 15.5 Å². The van der Waals surface area contributed by atoms with Crippen LogP contribution in [0.1, 0.15) is 5.01 Å². The zero-order valence-electron chi connectivity index (χ0n) is 10.3. The number of nitrogens with zero attached hydrogens (tertiary/aromatic N) is 2. The highest BCUT2D eigenvalue weighted by molar-refractivity contribution is 9.12. The highest BCUT2D eigenvalue weighted by atomic mass is 79.9. The van der Waals surface area contributed by atoms with Gasteiger partial charge < -0.3 is 10.1 Å². The number of halogens is 2. The fourth-order valence-electron chi connectivity index (χ4n) is 1.44. The van der Waals surface area contributed by atoms with Crippen molar-refractivity contribution < 1.29 is 4.74 Å². The lowest BCUT2D eigenvalue weighted by Gasteiger charge is -2.00. The molecule has 2 aromatic heterocycles. The molecule has 4 nitrogen and oxygen atoms in total. The van der Waals surface area contributed by atoms with E-state index in [1.807, 2.05) is 0 Å². The highest BCUT2D eigenvalue weighted by Crippen LogP contribution is 2.39. The third-order valence-electron chi connectivity index (χ3n) is 2.35. The summed E-state index contributed by atoms with van der Waals surface area (Å²) in [4.78, 5) is 0. The van der Waals surface area contributed by atoms with Crippen LogP contribution in [0.3, 0.4) is 0 Å². The monoisotopic (exact) mass is 425 g/mol. The molecule has 1 N–H and O–H groups in total. The molecule has 0 atom stereocenters. The van der Waals surface area contributed by atoms with Gasteiger partial charge in [0.2, 0.25) is 0 Å². The maximum atomic E-state index is 4.98. The van der Waals surface area contributed by atoms with Gasteiger partial charge in [0, 0.05) is 32.2 Å². The van der Waals surface area contributed by atoms with E-state index < -0.39 is 0 Å². The molecule has 0 amide bonds. The number of rotatable bonds is 7. The van der Waals surface area contributed by atoms with Gasteiger partial charge in [0.25, 0.3) is 0 Å². The van der Waals surface area contributed by atoms with Crippen LogP contribution in [0.2, 0.25) is 0 Å². The topological polar surface area (TPSA) is 47.0 Å². The Labute approximate surface area is 136 Å². The minimum Gasteiger partial charge on any atom is -0.383 e. The molecule has 2 heterocycles. The molecule has 0 spiro atoms. The summed E-state index contributed by atoms with van der Waals surface area (Å²) in [5.74, 6) is 0. The van der Waals surface area contributed by atoms with Crippen LogP contribution in [-0.4, -0.2) is 37.0 Å². The van der Waals surface area contributed by atoms with E-state index in [-0.39, 0.29) is 0 Å². The standard InChI is InChI=1S/C11H13Br2N3OS2/c1-17-5-4-14-3-2-9-15-16-11(19-9)7-6-8(12)18-10(7)13/h6,14H,2-5H2,1H3. The number of thiophene rings is 1. The van der Waals surface area contributed by atoms with Crippen molar-refractivity contribution in [2.75, 3.05) is 26.8 Å². The highest BCUT2D eigenvalue weighted by Gasteiger charge is 2.12. The molecule has 0 aliphatic carbocycles. The SMILES string of the molecule is COCCNCCc1nnc(-c2cc(Br)sc2Br)s1. The molecular formula is C11H13Br2N3OS2. The molecule has 0 aliphatic rings. The third-order valence-corrected chi connectivity index (χ3v) is 5.71. The van der Waals surface area contributed by atoms with Crippen LogP contribution >= 0.6 is 54.5 Å². The van der Waals surface area contributed by atoms with E-state index in [0.29, 0.717) is 0 Å². The van der Waals surface area contributed by atoms with Crippen molar-refractivity contribution in [1.29, 1.82) is 0 Å². The number of aromatic nitrogens is 2. The Morgan fingerprint density at radius 2 is 2.11 bits per heavy atom. The Hall–Kier alpha value is 0.140. The quantitative estimate of drug-likeness (QED) is 0.687. The molecule has 0 aromatic carbocycles. The van der Waals surface area contributed by atoms with Crippen molar-refractivity contribution in [2.45, 2.75) is 6.42 Å². The first-order valence-electron chi connectivity index (χ1n) is 5.68. The Morgan fingerprint density at radius 3 is 2.79 bits per heavy atom. The maximum Gasteiger partial charge on any atom is 0.149 e. The van der Waals surface area contributed by atoms with Gasteiger partial charge in [-0.25, -0.2) is 0 Å². The van der Waals surface area contributed by atoms with E-state index in [1.54, 1.807) is 29.8 Å². The summed E-state index contributed by atoms with van der Waals surface area (Å²) < 4.78 is 7.15. The molecule has 19 heavy (non-hydrogen) atoms. The molecular weight excluding hydrogens is 414 g/mol. The average Bonchev–Trinajstić information content (AvgIpc) is 2.95. The lowest BCUT2D eigenvalue weighted by atomic mass is 10.4. The fourth-order valence-corrected chi connectivity index (χ4v) is 5.31. The normalized spacial score (nSPS) is 11.1. The van der Waals surface area contributed by atoms with Gasteiger partial charge in [0.1, 0.15) is 10.0 Å². The molecule has 104 valence electrons. The van der Waals surface area contributed by atoms with Gasteiger partial charge in [-0.2, -0.15) is 0 Å². The van der Waals surface area contributed by atoms with Gasteiger partial charge in [-0.1, -0.05) is 11.3 Å². The molecule has 2 aromatic rings. The number of hydrogen-bond acceptors (Lipinski definition) is 6. The molecule has 0 saturated carbocycles. The Bertz CT molecular complexity index is 530. The number of hydrogen-bond donors (Lipinski definition) is 1. The average molecular weight is 427 g/mol. The zero-order valence-corrected chi connectivity index (χ0v) is 15.1. The van der Waals surface area contributed by atoms with E-state index in [0.717, 1.165) is 49.3 Å². The number of methoxy groups -OCH3 is 1. The van der Waals surface area contributed by atoms with Crippen LogP contribution in [-0.2, 0) is 11.2 Å². The van der Waals surface area contributed by atoms with Crippen molar-refractivity contribution in [2.24, 2.45) is 0 Å². The predicted octanol–water partition coefficient (Wildman–Crippen LogP) is 3.57. The van der Waals surface area contributed by atoms with E-state index in [9.17, 15) is 0 Å². The minimum absolute atomic E-state index is 0.733. The smallest absolute Gasteiger partial charge is 0.149 e. The zero-order chi connectivity index (χ0) is 13.7. The first kappa shape index (κ1) is 15.5. The first-order chi connectivity index (χ1) is 9.20. The number of nitrogens with one attached hydrogen (secondary N) is 1. The largest absolute Gasteiger partial charge is 0.383 e. The summed E-state index contributed by atoms with van der Waals surface area (Å²) in [6.07, 6.45) is 0.893. The molecule has 0 aliphatic heterocycles. The Balaban J connectivity index is 1.90. The minimum atomic E-state index is 0.733. The fraction of sp³-hybridized carbons (Fsp3) is 0.455. The second-order valence-electron chi connectivity index (χ2n) is 3.73.